The largest absolute Gasteiger partial charge is 0.477 e. The maximum Gasteiger partial charge on any atom is 0.354 e. The number of rotatable bonds is 1. The fourth-order valence-electron chi connectivity index (χ4n) is 2.23. The van der Waals surface area contributed by atoms with E-state index in [-0.39, 0.29) is 5.69 Å². The first-order valence-electron chi connectivity index (χ1n) is 5.06. The van der Waals surface area contributed by atoms with Crippen molar-refractivity contribution in [2.45, 2.75) is 19.8 Å². The van der Waals surface area contributed by atoms with Crippen molar-refractivity contribution in [3.63, 3.8) is 0 Å². The lowest BCUT2D eigenvalue weighted by molar-refractivity contribution is 0.0689. The molecule has 0 aromatic carbocycles. The molecule has 16 heavy (non-hydrogen) atoms. The predicted octanol–water partition coefficient (Wildman–Crippen LogP) is 1.77. The lowest BCUT2D eigenvalue weighted by atomic mass is 9.92. The fourth-order valence-corrected chi connectivity index (χ4v) is 2.23. The van der Waals surface area contributed by atoms with Crippen molar-refractivity contribution >= 4 is 5.97 Å². The molecule has 2 aromatic heterocycles. The summed E-state index contributed by atoms with van der Waals surface area (Å²) in [6.07, 6.45) is 3.08. The topological polar surface area (TPSA) is 79.1 Å². The number of nitrogens with one attached hydrogen (secondary N) is 1. The Morgan fingerprint density at radius 3 is 3.12 bits per heavy atom. The van der Waals surface area contributed by atoms with Gasteiger partial charge in [0.15, 0.2) is 0 Å². The van der Waals surface area contributed by atoms with E-state index in [1.165, 1.54) is 0 Å². The maximum atomic E-state index is 11.0. The van der Waals surface area contributed by atoms with Gasteiger partial charge in [0.1, 0.15) is 11.5 Å². The summed E-state index contributed by atoms with van der Waals surface area (Å²) in [6.45, 7) is 1.94. The first-order valence-corrected chi connectivity index (χ1v) is 5.06. The van der Waals surface area contributed by atoms with Crippen molar-refractivity contribution in [1.29, 1.82) is 0 Å². The molecule has 0 spiro atoms. The first-order chi connectivity index (χ1) is 7.68. The number of aryl methyl sites for hydroxylation is 2. The summed E-state index contributed by atoms with van der Waals surface area (Å²) in [4.78, 5) is 11.0. The highest BCUT2D eigenvalue weighted by atomic mass is 16.4. The third-order valence-corrected chi connectivity index (χ3v) is 2.97. The van der Waals surface area contributed by atoms with E-state index in [4.69, 9.17) is 9.52 Å². The molecule has 2 aromatic rings. The van der Waals surface area contributed by atoms with Gasteiger partial charge >= 0.3 is 5.97 Å². The molecule has 1 aliphatic rings. The van der Waals surface area contributed by atoms with Crippen LogP contribution >= 0.6 is 0 Å². The number of aromatic amines is 1. The van der Waals surface area contributed by atoms with Gasteiger partial charge in [0, 0.05) is 17.5 Å². The zero-order chi connectivity index (χ0) is 11.3. The lowest BCUT2D eigenvalue weighted by Crippen LogP contribution is -2.06. The Labute approximate surface area is 91.1 Å². The first kappa shape index (κ1) is 9.21. The van der Waals surface area contributed by atoms with Crippen molar-refractivity contribution in [2.24, 2.45) is 0 Å². The third-order valence-electron chi connectivity index (χ3n) is 2.97. The summed E-state index contributed by atoms with van der Waals surface area (Å²) in [5.41, 5.74) is 3.65. The van der Waals surface area contributed by atoms with Crippen LogP contribution in [0.25, 0.3) is 11.3 Å². The van der Waals surface area contributed by atoms with Crippen LogP contribution in [0.4, 0.5) is 0 Å². The number of aromatic carboxylic acids is 1. The van der Waals surface area contributed by atoms with Crippen molar-refractivity contribution < 1.29 is 14.3 Å². The van der Waals surface area contributed by atoms with Gasteiger partial charge in [-0.3, -0.25) is 5.10 Å². The maximum absolute atomic E-state index is 11.0. The second kappa shape index (κ2) is 2.98. The van der Waals surface area contributed by atoms with E-state index in [2.05, 4.69) is 10.2 Å². The van der Waals surface area contributed by atoms with E-state index in [0.29, 0.717) is 6.42 Å². The van der Waals surface area contributed by atoms with Crippen molar-refractivity contribution in [3.8, 4) is 11.3 Å². The highest BCUT2D eigenvalue weighted by Crippen LogP contribution is 2.36. The van der Waals surface area contributed by atoms with Crippen LogP contribution in [-0.2, 0) is 12.8 Å². The van der Waals surface area contributed by atoms with E-state index < -0.39 is 5.97 Å². The lowest BCUT2D eigenvalue weighted by Gasteiger charge is -2.10. The zero-order valence-corrected chi connectivity index (χ0v) is 8.70. The quantitative estimate of drug-likeness (QED) is 0.764. The molecule has 0 saturated heterocycles. The van der Waals surface area contributed by atoms with Crippen molar-refractivity contribution in [2.75, 3.05) is 0 Å². The number of carbonyl (C=O) groups is 1. The molecule has 0 bridgehead atoms. The van der Waals surface area contributed by atoms with Crippen LogP contribution in [0, 0.1) is 6.92 Å². The molecule has 2 N–H and O–H groups in total. The van der Waals surface area contributed by atoms with E-state index in [1.54, 1.807) is 6.26 Å². The number of nitrogens with zero attached hydrogens (tertiary/aromatic N) is 1. The molecule has 0 aliphatic heterocycles. The predicted molar refractivity (Wildman–Crippen MR) is 55.4 cm³/mol. The smallest absolute Gasteiger partial charge is 0.354 e. The SMILES string of the molecule is Cc1coc2c1-c1n[nH]c(C(=O)O)c1CC2. The number of carboxylic acids is 1. The summed E-state index contributed by atoms with van der Waals surface area (Å²) in [6, 6.07) is 0. The minimum absolute atomic E-state index is 0.196. The minimum atomic E-state index is -0.960. The van der Waals surface area contributed by atoms with Gasteiger partial charge in [0.25, 0.3) is 0 Å². The monoisotopic (exact) mass is 218 g/mol. The van der Waals surface area contributed by atoms with E-state index in [0.717, 1.165) is 34.6 Å². The Morgan fingerprint density at radius 1 is 1.56 bits per heavy atom. The second-order valence-corrected chi connectivity index (χ2v) is 3.95. The number of H-pyrrole nitrogens is 1. The van der Waals surface area contributed by atoms with Gasteiger partial charge in [-0.1, -0.05) is 0 Å². The number of aromatic nitrogens is 2. The molecule has 0 unspecified atom stereocenters. The molecule has 2 heterocycles. The summed E-state index contributed by atoms with van der Waals surface area (Å²) in [7, 11) is 0. The van der Waals surface area contributed by atoms with Crippen molar-refractivity contribution in [1.82, 2.24) is 10.2 Å². The number of fused-ring (bicyclic) bond motifs is 3. The average Bonchev–Trinajstić information content (AvgIpc) is 2.81. The van der Waals surface area contributed by atoms with Gasteiger partial charge in [0.2, 0.25) is 0 Å². The Hall–Kier alpha value is -2.04. The van der Waals surface area contributed by atoms with Crippen LogP contribution < -0.4 is 0 Å². The van der Waals surface area contributed by atoms with Gasteiger partial charge in [-0.15, -0.1) is 0 Å². The molecule has 0 atom stereocenters. The van der Waals surface area contributed by atoms with Crippen LogP contribution in [0.3, 0.4) is 0 Å². The molecule has 82 valence electrons. The second-order valence-electron chi connectivity index (χ2n) is 3.95. The van der Waals surface area contributed by atoms with E-state index in [1.807, 2.05) is 6.92 Å². The third kappa shape index (κ3) is 1.05. The number of carboxylic acid groups (broad SMARTS) is 1. The summed E-state index contributed by atoms with van der Waals surface area (Å²) < 4.78 is 5.41. The normalized spacial score (nSPS) is 13.3. The average molecular weight is 218 g/mol. The standard InChI is InChI=1S/C11H10N2O3/c1-5-4-16-7-3-2-6-9(8(5)7)12-13-10(6)11(14)15/h4H,2-3H2,1H3,(H,12,13)(H,14,15). The molecular formula is C11H10N2O3. The molecule has 5 heteroatoms. The Kier molecular flexibility index (Phi) is 1.71. The Balaban J connectivity index is 2.26. The number of furan rings is 1. The van der Waals surface area contributed by atoms with Gasteiger partial charge in [-0.2, -0.15) is 5.10 Å². The highest BCUT2D eigenvalue weighted by Gasteiger charge is 2.28. The van der Waals surface area contributed by atoms with E-state index >= 15 is 0 Å². The van der Waals surface area contributed by atoms with Gasteiger partial charge < -0.3 is 9.52 Å². The highest BCUT2D eigenvalue weighted by molar-refractivity contribution is 5.90. The number of hydrogen-bond acceptors (Lipinski definition) is 3. The summed E-state index contributed by atoms with van der Waals surface area (Å²) in [5, 5.41) is 15.7. The zero-order valence-electron chi connectivity index (χ0n) is 8.70. The molecule has 3 rings (SSSR count). The molecule has 0 fully saturated rings. The molecule has 0 saturated carbocycles. The van der Waals surface area contributed by atoms with Crippen LogP contribution in [0.2, 0.25) is 0 Å². The summed E-state index contributed by atoms with van der Waals surface area (Å²) >= 11 is 0. The Bertz CT molecular complexity index is 580. The molecule has 5 nitrogen and oxygen atoms in total. The molecule has 0 radical (unpaired) electrons. The van der Waals surface area contributed by atoms with E-state index in [9.17, 15) is 4.79 Å². The molecule has 0 amide bonds. The van der Waals surface area contributed by atoms with Crippen LogP contribution in [0.15, 0.2) is 10.7 Å². The molecule has 1 aliphatic carbocycles. The van der Waals surface area contributed by atoms with Gasteiger partial charge in [0.05, 0.1) is 12.0 Å². The number of hydrogen-bond donors (Lipinski definition) is 2. The van der Waals surface area contributed by atoms with Crippen molar-refractivity contribution in [3.05, 3.63) is 28.8 Å². The fraction of sp³-hybridized carbons (Fsp3) is 0.273. The minimum Gasteiger partial charge on any atom is -0.477 e. The van der Waals surface area contributed by atoms with Gasteiger partial charge in [-0.25, -0.2) is 4.79 Å². The summed E-state index contributed by atoms with van der Waals surface area (Å²) in [5.74, 6) is -0.0632. The van der Waals surface area contributed by atoms with Crippen LogP contribution in [-0.4, -0.2) is 21.3 Å². The Morgan fingerprint density at radius 2 is 2.38 bits per heavy atom. The van der Waals surface area contributed by atoms with Crippen LogP contribution in [0.1, 0.15) is 27.4 Å². The van der Waals surface area contributed by atoms with Crippen LogP contribution in [0.5, 0.6) is 0 Å². The van der Waals surface area contributed by atoms with Gasteiger partial charge in [-0.05, 0) is 18.9 Å². The molecular weight excluding hydrogens is 208 g/mol.